The van der Waals surface area contributed by atoms with Crippen molar-refractivity contribution in [3.8, 4) is 0 Å². The van der Waals surface area contributed by atoms with Gasteiger partial charge < -0.3 is 0 Å². The highest BCUT2D eigenvalue weighted by Gasteiger charge is 2.20. The first-order valence-corrected chi connectivity index (χ1v) is 5.97. The van der Waals surface area contributed by atoms with Gasteiger partial charge in [-0.25, -0.2) is 4.79 Å². The Morgan fingerprint density at radius 3 is 2.31 bits per heavy atom. The fourth-order valence-corrected chi connectivity index (χ4v) is 1.16. The molecule has 0 rings (SSSR count). The molecule has 0 bridgehead atoms. The van der Waals surface area contributed by atoms with Crippen LogP contribution in [0.1, 0.15) is 60.3 Å². The Morgan fingerprint density at radius 1 is 1.25 bits per heavy atom. The molecule has 0 aromatic rings. The predicted octanol–water partition coefficient (Wildman–Crippen LogP) is 3.41. The minimum absolute atomic E-state index is 0.0940. The molecule has 0 aliphatic heterocycles. The number of unbranched alkanes of at least 4 members (excludes halogenated alkanes) is 1. The molecule has 0 aliphatic rings. The quantitative estimate of drug-likeness (QED) is 0.498. The van der Waals surface area contributed by atoms with Crippen LogP contribution in [0, 0.1) is 5.92 Å². The molecule has 0 saturated carbocycles. The molecule has 0 radical (unpaired) electrons. The van der Waals surface area contributed by atoms with Crippen LogP contribution in [-0.2, 0) is 19.6 Å². The second-order valence-corrected chi connectivity index (χ2v) is 4.91. The molecule has 4 heteroatoms. The molecule has 96 valence electrons. The molecule has 1 atom stereocenters. The maximum absolute atomic E-state index is 11.5. The monoisotopic (exact) mass is 232 g/mol. The van der Waals surface area contributed by atoms with Crippen molar-refractivity contribution in [2.75, 3.05) is 0 Å². The van der Waals surface area contributed by atoms with Crippen molar-refractivity contribution in [3.05, 3.63) is 0 Å². The predicted molar refractivity (Wildman–Crippen MR) is 61.3 cm³/mol. The standard InChI is InChI=1S/C12H24O4/c1-6-8-9-10(7-2)11(13)14-16-15-12(3,4)5/h10H,6-9H2,1-5H3/t10-/m0/s1. The van der Waals surface area contributed by atoms with Gasteiger partial charge in [-0.3, -0.25) is 4.89 Å². The number of carbonyl (C=O) groups is 1. The second-order valence-electron chi connectivity index (χ2n) is 4.91. The van der Waals surface area contributed by atoms with E-state index in [-0.39, 0.29) is 11.9 Å². The maximum Gasteiger partial charge on any atom is 0.348 e. The summed E-state index contributed by atoms with van der Waals surface area (Å²) < 4.78 is 0. The molecule has 4 nitrogen and oxygen atoms in total. The summed E-state index contributed by atoms with van der Waals surface area (Å²) in [5.41, 5.74) is -0.481. The van der Waals surface area contributed by atoms with Crippen LogP contribution in [0.25, 0.3) is 0 Å². The molecule has 0 fully saturated rings. The van der Waals surface area contributed by atoms with Crippen LogP contribution in [0.2, 0.25) is 0 Å². The number of hydrogen-bond donors (Lipinski definition) is 0. The Morgan fingerprint density at radius 2 is 1.88 bits per heavy atom. The van der Waals surface area contributed by atoms with Crippen molar-refractivity contribution in [1.82, 2.24) is 0 Å². The smallest absolute Gasteiger partial charge is 0.269 e. The molecule has 0 amide bonds. The normalized spacial score (nSPS) is 13.6. The van der Waals surface area contributed by atoms with E-state index in [1.807, 2.05) is 27.7 Å². The van der Waals surface area contributed by atoms with E-state index in [1.165, 1.54) is 0 Å². The summed E-state index contributed by atoms with van der Waals surface area (Å²) in [5, 5.41) is 4.47. The molecule has 0 N–H and O–H groups in total. The van der Waals surface area contributed by atoms with Gasteiger partial charge in [0.15, 0.2) is 0 Å². The molecule has 16 heavy (non-hydrogen) atoms. The van der Waals surface area contributed by atoms with Crippen molar-refractivity contribution in [2.24, 2.45) is 5.92 Å². The summed E-state index contributed by atoms with van der Waals surface area (Å²) in [6, 6.07) is 0. The van der Waals surface area contributed by atoms with E-state index >= 15 is 0 Å². The molecule has 0 spiro atoms. The molecule has 0 aromatic carbocycles. The topological polar surface area (TPSA) is 44.8 Å². The first-order valence-electron chi connectivity index (χ1n) is 5.97. The van der Waals surface area contributed by atoms with Crippen LogP contribution >= 0.6 is 0 Å². The van der Waals surface area contributed by atoms with Gasteiger partial charge in [-0.2, -0.15) is 4.89 Å². The van der Waals surface area contributed by atoms with Gasteiger partial charge in [0.1, 0.15) is 0 Å². The Hall–Kier alpha value is -0.610. The van der Waals surface area contributed by atoms with Gasteiger partial charge >= 0.3 is 5.97 Å². The molecular formula is C12H24O4. The third kappa shape index (κ3) is 7.65. The molecule has 0 aliphatic carbocycles. The van der Waals surface area contributed by atoms with Crippen molar-refractivity contribution in [2.45, 2.75) is 65.9 Å². The van der Waals surface area contributed by atoms with Crippen LogP contribution in [0.5, 0.6) is 0 Å². The average Bonchev–Trinajstić information content (AvgIpc) is 2.17. The number of rotatable bonds is 7. The Bertz CT molecular complexity index is 196. The van der Waals surface area contributed by atoms with E-state index in [4.69, 9.17) is 4.89 Å². The summed E-state index contributed by atoms with van der Waals surface area (Å²) in [4.78, 5) is 21.0. The highest BCUT2D eigenvalue weighted by molar-refractivity contribution is 5.71. The van der Waals surface area contributed by atoms with Gasteiger partial charge in [0.25, 0.3) is 0 Å². The minimum atomic E-state index is -0.481. The number of hydrogen-bond acceptors (Lipinski definition) is 4. The van der Waals surface area contributed by atoms with Crippen molar-refractivity contribution in [1.29, 1.82) is 0 Å². The van der Waals surface area contributed by atoms with Crippen LogP contribution < -0.4 is 0 Å². The van der Waals surface area contributed by atoms with Gasteiger partial charge in [-0.1, -0.05) is 26.7 Å². The first kappa shape index (κ1) is 15.4. The minimum Gasteiger partial charge on any atom is -0.269 e. The SMILES string of the molecule is CCCC[C@H](CC)C(=O)OOOC(C)(C)C. The lowest BCUT2D eigenvalue weighted by Gasteiger charge is -2.17. The van der Waals surface area contributed by atoms with Gasteiger partial charge in [0.2, 0.25) is 0 Å². The van der Waals surface area contributed by atoms with E-state index in [2.05, 4.69) is 16.8 Å². The highest BCUT2D eigenvalue weighted by Crippen LogP contribution is 2.15. The summed E-state index contributed by atoms with van der Waals surface area (Å²) in [6.45, 7) is 9.50. The van der Waals surface area contributed by atoms with E-state index < -0.39 is 5.60 Å². The summed E-state index contributed by atoms with van der Waals surface area (Å²) in [7, 11) is 0. The third-order valence-electron chi connectivity index (χ3n) is 2.13. The van der Waals surface area contributed by atoms with Crippen LogP contribution in [-0.4, -0.2) is 11.6 Å². The zero-order chi connectivity index (χ0) is 12.6. The van der Waals surface area contributed by atoms with Crippen molar-refractivity contribution >= 4 is 5.97 Å². The largest absolute Gasteiger partial charge is 0.348 e. The first-order chi connectivity index (χ1) is 7.40. The zero-order valence-electron chi connectivity index (χ0n) is 11.0. The second kappa shape index (κ2) is 7.63. The van der Waals surface area contributed by atoms with E-state index in [0.717, 1.165) is 25.7 Å². The van der Waals surface area contributed by atoms with E-state index in [9.17, 15) is 4.79 Å². The lowest BCUT2D eigenvalue weighted by molar-refractivity contribution is -0.515. The fraction of sp³-hybridized carbons (Fsp3) is 0.917. The van der Waals surface area contributed by atoms with Crippen LogP contribution in [0.15, 0.2) is 0 Å². The van der Waals surface area contributed by atoms with Crippen LogP contribution in [0.3, 0.4) is 0 Å². The highest BCUT2D eigenvalue weighted by atomic mass is 17.5. The van der Waals surface area contributed by atoms with Gasteiger partial charge in [-0.05, 0) is 38.7 Å². The fourth-order valence-electron chi connectivity index (χ4n) is 1.16. The molecule has 0 saturated heterocycles. The Kier molecular flexibility index (Phi) is 7.34. The van der Waals surface area contributed by atoms with Gasteiger partial charge in [0.05, 0.1) is 11.5 Å². The summed E-state index contributed by atoms with van der Waals surface area (Å²) in [6.07, 6.45) is 3.69. The Balaban J connectivity index is 3.84. The molecular weight excluding hydrogens is 208 g/mol. The average molecular weight is 232 g/mol. The van der Waals surface area contributed by atoms with E-state index in [0.29, 0.717) is 0 Å². The lowest BCUT2D eigenvalue weighted by atomic mass is 10.00. The third-order valence-corrected chi connectivity index (χ3v) is 2.13. The lowest BCUT2D eigenvalue weighted by Crippen LogP contribution is -2.23. The zero-order valence-corrected chi connectivity index (χ0v) is 11.0. The Labute approximate surface area is 98.1 Å². The van der Waals surface area contributed by atoms with Crippen molar-refractivity contribution in [3.63, 3.8) is 0 Å². The number of carbonyl (C=O) groups excluding carboxylic acids is 1. The maximum atomic E-state index is 11.5. The van der Waals surface area contributed by atoms with Gasteiger partial charge in [-0.15, -0.1) is 0 Å². The summed E-state index contributed by atoms with van der Waals surface area (Å²) >= 11 is 0. The van der Waals surface area contributed by atoms with Gasteiger partial charge in [0, 0.05) is 0 Å². The van der Waals surface area contributed by atoms with Crippen LogP contribution in [0.4, 0.5) is 0 Å². The molecule has 0 aromatic heterocycles. The summed E-state index contributed by atoms with van der Waals surface area (Å²) in [5.74, 6) is -0.441. The van der Waals surface area contributed by atoms with E-state index in [1.54, 1.807) is 0 Å². The molecule has 0 heterocycles. The molecule has 0 unspecified atom stereocenters. The van der Waals surface area contributed by atoms with Crippen molar-refractivity contribution < 1.29 is 19.6 Å².